The summed E-state index contributed by atoms with van der Waals surface area (Å²) in [7, 11) is 0. The van der Waals surface area contributed by atoms with Crippen LogP contribution in [0.1, 0.15) is 5.01 Å². The van der Waals surface area contributed by atoms with Crippen LogP contribution in [0.25, 0.3) is 0 Å². The molecule has 2 amide bonds. The maximum absolute atomic E-state index is 12.2. The molecule has 116 valence electrons. The lowest BCUT2D eigenvalue weighted by Crippen LogP contribution is -2.70. The number of hydrogen-bond donors (Lipinski definition) is 2. The summed E-state index contributed by atoms with van der Waals surface area (Å²) in [6.07, 6.45) is 1.73. The van der Waals surface area contributed by atoms with Crippen molar-refractivity contribution in [2.24, 2.45) is 0 Å². The van der Waals surface area contributed by atoms with Crippen molar-refractivity contribution in [2.45, 2.75) is 17.8 Å². The van der Waals surface area contributed by atoms with Gasteiger partial charge in [0.2, 0.25) is 5.91 Å². The minimum Gasteiger partial charge on any atom is -0.477 e. The monoisotopic (exact) mass is 403 g/mol. The van der Waals surface area contributed by atoms with Crippen molar-refractivity contribution < 1.29 is 19.5 Å². The van der Waals surface area contributed by atoms with Gasteiger partial charge in [0.15, 0.2) is 0 Å². The number of fused-ring (bicyclic) bond motifs is 1. The highest BCUT2D eigenvalue weighted by Crippen LogP contribution is 2.41. The SMILES string of the molecule is O=C(Cc1nccs1)NC1C(=O)N2C(C(=O)O)=C(Br)CS[C@@H]12. The van der Waals surface area contributed by atoms with Crippen LogP contribution in [0, 0.1) is 0 Å². The number of carbonyl (C=O) groups excluding carboxylic acids is 2. The summed E-state index contributed by atoms with van der Waals surface area (Å²) in [6.45, 7) is 0. The maximum Gasteiger partial charge on any atom is 0.353 e. The molecule has 3 rings (SSSR count). The largest absolute Gasteiger partial charge is 0.477 e. The standard InChI is InChI=1S/C12H10BrN3O4S2/c13-5-4-22-11-8(10(18)16(11)9(5)12(19)20)15-6(17)3-7-14-1-2-21-7/h1-2,8,11H,3-4H2,(H,15,17)(H,19,20)/t8?,11-/m0/s1. The number of nitrogens with zero attached hydrogens (tertiary/aromatic N) is 2. The van der Waals surface area contributed by atoms with Crippen molar-refractivity contribution in [3.8, 4) is 0 Å². The van der Waals surface area contributed by atoms with Gasteiger partial charge < -0.3 is 10.4 Å². The molecule has 3 heterocycles. The van der Waals surface area contributed by atoms with E-state index in [9.17, 15) is 19.5 Å². The number of carboxylic acids is 1. The summed E-state index contributed by atoms with van der Waals surface area (Å²) in [5.41, 5.74) is -0.0424. The second kappa shape index (κ2) is 6.01. The summed E-state index contributed by atoms with van der Waals surface area (Å²) >= 11 is 5.97. The molecule has 2 N–H and O–H groups in total. The van der Waals surface area contributed by atoms with Crippen LogP contribution in [0.5, 0.6) is 0 Å². The van der Waals surface area contributed by atoms with E-state index in [2.05, 4.69) is 26.2 Å². The number of carbonyl (C=O) groups is 3. The molecular weight excluding hydrogens is 394 g/mol. The maximum atomic E-state index is 12.2. The zero-order valence-electron chi connectivity index (χ0n) is 11.0. The first kappa shape index (κ1) is 15.5. The number of rotatable bonds is 4. The van der Waals surface area contributed by atoms with E-state index in [0.29, 0.717) is 15.2 Å². The van der Waals surface area contributed by atoms with Crippen molar-refractivity contribution in [1.29, 1.82) is 0 Å². The lowest BCUT2D eigenvalue weighted by Gasteiger charge is -2.48. The molecule has 0 spiro atoms. The van der Waals surface area contributed by atoms with Gasteiger partial charge in [0, 0.05) is 21.8 Å². The summed E-state index contributed by atoms with van der Waals surface area (Å²) in [4.78, 5) is 40.6. The molecule has 7 nitrogen and oxygen atoms in total. The number of thiazole rings is 1. The van der Waals surface area contributed by atoms with Crippen molar-refractivity contribution in [3.05, 3.63) is 26.8 Å². The van der Waals surface area contributed by atoms with E-state index in [1.54, 1.807) is 11.6 Å². The van der Waals surface area contributed by atoms with Crippen molar-refractivity contribution in [2.75, 3.05) is 5.75 Å². The Kier molecular flexibility index (Phi) is 4.24. The first-order chi connectivity index (χ1) is 10.5. The molecule has 0 bridgehead atoms. The normalized spacial score (nSPS) is 23.9. The molecule has 2 aliphatic rings. The highest BCUT2D eigenvalue weighted by molar-refractivity contribution is 9.11. The van der Waals surface area contributed by atoms with Gasteiger partial charge in [0.05, 0.1) is 6.42 Å². The molecule has 1 aromatic rings. The number of aliphatic carboxylic acids is 1. The van der Waals surface area contributed by atoms with Gasteiger partial charge in [-0.25, -0.2) is 9.78 Å². The minimum absolute atomic E-state index is 0.0424. The Labute approximate surface area is 141 Å². The number of carboxylic acid groups (broad SMARTS) is 1. The fourth-order valence-electron chi connectivity index (χ4n) is 2.28. The zero-order chi connectivity index (χ0) is 15.9. The lowest BCUT2D eigenvalue weighted by atomic mass is 10.0. The fraction of sp³-hybridized carbons (Fsp3) is 0.333. The Morgan fingerprint density at radius 3 is 2.95 bits per heavy atom. The predicted octanol–water partition coefficient (Wildman–Crippen LogP) is 0.777. The van der Waals surface area contributed by atoms with E-state index in [-0.39, 0.29) is 23.4 Å². The van der Waals surface area contributed by atoms with E-state index in [1.165, 1.54) is 28.0 Å². The lowest BCUT2D eigenvalue weighted by molar-refractivity contribution is -0.150. The van der Waals surface area contributed by atoms with Crippen LogP contribution in [-0.4, -0.2) is 49.9 Å². The van der Waals surface area contributed by atoms with Crippen LogP contribution in [0.3, 0.4) is 0 Å². The second-order valence-electron chi connectivity index (χ2n) is 4.62. The molecule has 10 heteroatoms. The molecule has 1 saturated heterocycles. The van der Waals surface area contributed by atoms with Gasteiger partial charge in [-0.1, -0.05) is 15.9 Å². The summed E-state index contributed by atoms with van der Waals surface area (Å²) in [5.74, 6) is -1.40. The highest BCUT2D eigenvalue weighted by Gasteiger charge is 2.53. The van der Waals surface area contributed by atoms with Crippen molar-refractivity contribution in [1.82, 2.24) is 15.2 Å². The molecular formula is C12H10BrN3O4S2. The molecule has 2 atom stereocenters. The molecule has 0 saturated carbocycles. The smallest absolute Gasteiger partial charge is 0.353 e. The Balaban J connectivity index is 1.68. The zero-order valence-corrected chi connectivity index (χ0v) is 14.2. The Morgan fingerprint density at radius 2 is 2.32 bits per heavy atom. The predicted molar refractivity (Wildman–Crippen MR) is 84.4 cm³/mol. The third-order valence-corrected chi connectivity index (χ3v) is 6.32. The summed E-state index contributed by atoms with van der Waals surface area (Å²) in [5, 5.41) is 13.9. The molecule has 2 aliphatic heterocycles. The quantitative estimate of drug-likeness (QED) is 0.720. The van der Waals surface area contributed by atoms with Gasteiger partial charge in [-0.3, -0.25) is 14.5 Å². The van der Waals surface area contributed by atoms with E-state index < -0.39 is 17.9 Å². The number of amides is 2. The van der Waals surface area contributed by atoms with Gasteiger partial charge in [-0.2, -0.15) is 0 Å². The third kappa shape index (κ3) is 2.66. The Morgan fingerprint density at radius 1 is 1.55 bits per heavy atom. The van der Waals surface area contributed by atoms with Gasteiger partial charge in [0.1, 0.15) is 22.1 Å². The summed E-state index contributed by atoms with van der Waals surface area (Å²) in [6, 6.07) is -0.688. The fourth-order valence-corrected chi connectivity index (χ4v) is 4.85. The van der Waals surface area contributed by atoms with Gasteiger partial charge in [-0.15, -0.1) is 23.1 Å². The number of β-lactam (4-membered cyclic amide) rings is 1. The molecule has 1 aromatic heterocycles. The van der Waals surface area contributed by atoms with Crippen LogP contribution in [0.4, 0.5) is 0 Å². The van der Waals surface area contributed by atoms with E-state index in [1.807, 2.05) is 0 Å². The summed E-state index contributed by atoms with van der Waals surface area (Å²) < 4.78 is 0.474. The number of thioether (sulfide) groups is 1. The topological polar surface area (TPSA) is 99.6 Å². The molecule has 0 aromatic carbocycles. The van der Waals surface area contributed by atoms with Crippen LogP contribution in [-0.2, 0) is 20.8 Å². The van der Waals surface area contributed by atoms with Crippen LogP contribution in [0.2, 0.25) is 0 Å². The number of hydrogen-bond acceptors (Lipinski definition) is 6. The molecule has 1 fully saturated rings. The average molecular weight is 404 g/mol. The number of aromatic nitrogens is 1. The van der Waals surface area contributed by atoms with E-state index in [0.717, 1.165) is 0 Å². The molecule has 0 aliphatic carbocycles. The minimum atomic E-state index is -1.15. The van der Waals surface area contributed by atoms with Gasteiger partial charge in [0.25, 0.3) is 5.91 Å². The first-order valence-electron chi connectivity index (χ1n) is 6.23. The third-order valence-electron chi connectivity index (χ3n) is 3.24. The Bertz CT molecular complexity index is 676. The van der Waals surface area contributed by atoms with Crippen LogP contribution < -0.4 is 5.32 Å². The molecule has 1 unspecified atom stereocenters. The van der Waals surface area contributed by atoms with Crippen LogP contribution in [0.15, 0.2) is 21.8 Å². The van der Waals surface area contributed by atoms with Crippen LogP contribution >= 0.6 is 39.0 Å². The first-order valence-corrected chi connectivity index (χ1v) is 8.95. The average Bonchev–Trinajstić information content (AvgIpc) is 2.97. The van der Waals surface area contributed by atoms with Crippen molar-refractivity contribution >= 4 is 56.8 Å². The highest BCUT2D eigenvalue weighted by atomic mass is 79.9. The van der Waals surface area contributed by atoms with Gasteiger partial charge in [-0.05, 0) is 0 Å². The van der Waals surface area contributed by atoms with E-state index >= 15 is 0 Å². The van der Waals surface area contributed by atoms with Gasteiger partial charge >= 0.3 is 5.97 Å². The number of halogens is 1. The molecule has 0 radical (unpaired) electrons. The second-order valence-corrected chi connectivity index (χ2v) is 7.66. The van der Waals surface area contributed by atoms with Crippen molar-refractivity contribution in [3.63, 3.8) is 0 Å². The van der Waals surface area contributed by atoms with E-state index in [4.69, 9.17) is 0 Å². The Hall–Kier alpha value is -1.39. The molecule has 22 heavy (non-hydrogen) atoms. The number of nitrogens with one attached hydrogen (secondary N) is 1.